The summed E-state index contributed by atoms with van der Waals surface area (Å²) < 4.78 is 26.4. The summed E-state index contributed by atoms with van der Waals surface area (Å²) >= 11 is 5.78. The van der Waals surface area contributed by atoms with Gasteiger partial charge in [-0.1, -0.05) is 11.6 Å². The number of nitro groups is 1. The zero-order chi connectivity index (χ0) is 14.8. The number of rotatable bonds is 3. The van der Waals surface area contributed by atoms with Crippen LogP contribution in [0.2, 0.25) is 5.02 Å². The van der Waals surface area contributed by atoms with Gasteiger partial charge in [-0.2, -0.15) is 4.31 Å². The molecular weight excluding hydrogens is 306 g/mol. The predicted octanol–water partition coefficient (Wildman–Crippen LogP) is 1.23. The molecule has 0 aliphatic carbocycles. The second kappa shape index (κ2) is 6.04. The van der Waals surface area contributed by atoms with Crippen molar-refractivity contribution in [2.24, 2.45) is 0 Å². The lowest BCUT2D eigenvalue weighted by Crippen LogP contribution is -2.34. The highest BCUT2D eigenvalue weighted by Crippen LogP contribution is 2.29. The molecule has 1 heterocycles. The molecule has 0 saturated carbocycles. The minimum atomic E-state index is -3.92. The van der Waals surface area contributed by atoms with Crippen LogP contribution in [0.5, 0.6) is 0 Å². The molecule has 2 rings (SSSR count). The van der Waals surface area contributed by atoms with Crippen molar-refractivity contribution >= 4 is 27.3 Å². The van der Waals surface area contributed by atoms with Gasteiger partial charge in [0.05, 0.1) is 4.92 Å². The lowest BCUT2D eigenvalue weighted by Gasteiger charge is -2.19. The molecule has 0 aromatic heterocycles. The van der Waals surface area contributed by atoms with Gasteiger partial charge in [0.1, 0.15) is 0 Å². The van der Waals surface area contributed by atoms with Crippen molar-refractivity contribution in [1.82, 2.24) is 9.62 Å². The van der Waals surface area contributed by atoms with E-state index in [4.69, 9.17) is 11.6 Å². The van der Waals surface area contributed by atoms with Crippen LogP contribution < -0.4 is 5.32 Å². The average molecular weight is 320 g/mol. The fourth-order valence-electron chi connectivity index (χ4n) is 2.05. The molecule has 0 amide bonds. The molecule has 1 aromatic carbocycles. The predicted molar refractivity (Wildman–Crippen MR) is 74.4 cm³/mol. The number of nitro benzene ring substituents is 1. The summed E-state index contributed by atoms with van der Waals surface area (Å²) in [4.78, 5) is 9.94. The van der Waals surface area contributed by atoms with E-state index in [1.54, 1.807) is 0 Å². The largest absolute Gasteiger partial charge is 0.315 e. The van der Waals surface area contributed by atoms with Crippen LogP contribution in [0.15, 0.2) is 23.1 Å². The van der Waals surface area contributed by atoms with Gasteiger partial charge in [0.2, 0.25) is 10.0 Å². The van der Waals surface area contributed by atoms with Crippen LogP contribution in [-0.4, -0.2) is 43.8 Å². The number of hydrogen-bond donors (Lipinski definition) is 1. The standard InChI is InChI=1S/C11H14ClN3O4S/c12-9-2-3-10(15(16)17)11(8-9)20(18,19)14-6-1-4-13-5-7-14/h2-3,8,13H,1,4-7H2. The Hall–Kier alpha value is -1.22. The van der Waals surface area contributed by atoms with E-state index in [0.29, 0.717) is 19.5 Å². The Morgan fingerprint density at radius 1 is 1.30 bits per heavy atom. The van der Waals surface area contributed by atoms with Crippen LogP contribution >= 0.6 is 11.6 Å². The van der Waals surface area contributed by atoms with Gasteiger partial charge >= 0.3 is 0 Å². The smallest absolute Gasteiger partial charge is 0.289 e. The molecular formula is C11H14ClN3O4S. The minimum Gasteiger partial charge on any atom is -0.315 e. The van der Waals surface area contributed by atoms with Crippen LogP contribution in [0.25, 0.3) is 0 Å². The van der Waals surface area contributed by atoms with Crippen molar-refractivity contribution in [3.8, 4) is 0 Å². The molecule has 1 aliphatic rings. The van der Waals surface area contributed by atoms with Crippen LogP contribution in [0.3, 0.4) is 0 Å². The molecule has 0 bridgehead atoms. The maximum Gasteiger partial charge on any atom is 0.289 e. The summed E-state index contributed by atoms with van der Waals surface area (Å²) in [7, 11) is -3.92. The quantitative estimate of drug-likeness (QED) is 0.668. The lowest BCUT2D eigenvalue weighted by atomic mass is 10.3. The van der Waals surface area contributed by atoms with Crippen LogP contribution in [0.4, 0.5) is 5.69 Å². The Bertz CT molecular complexity index is 612. The van der Waals surface area contributed by atoms with Crippen molar-refractivity contribution in [2.75, 3.05) is 26.2 Å². The molecule has 0 atom stereocenters. The number of sulfonamides is 1. The van der Waals surface area contributed by atoms with Crippen LogP contribution in [0.1, 0.15) is 6.42 Å². The van der Waals surface area contributed by atoms with Crippen LogP contribution in [-0.2, 0) is 10.0 Å². The van der Waals surface area contributed by atoms with Gasteiger partial charge in [0.15, 0.2) is 4.90 Å². The van der Waals surface area contributed by atoms with Crippen molar-refractivity contribution in [3.63, 3.8) is 0 Å². The van der Waals surface area contributed by atoms with Crippen molar-refractivity contribution < 1.29 is 13.3 Å². The molecule has 110 valence electrons. The lowest BCUT2D eigenvalue weighted by molar-refractivity contribution is -0.387. The third-order valence-corrected chi connectivity index (χ3v) is 5.20. The Labute approximate surface area is 121 Å². The minimum absolute atomic E-state index is 0.155. The summed E-state index contributed by atoms with van der Waals surface area (Å²) in [5.41, 5.74) is -0.452. The van der Waals surface area contributed by atoms with Gasteiger partial charge in [0.25, 0.3) is 5.69 Å². The third-order valence-electron chi connectivity index (χ3n) is 3.04. The van der Waals surface area contributed by atoms with E-state index in [9.17, 15) is 18.5 Å². The molecule has 9 heteroatoms. The first kappa shape index (κ1) is 15.2. The van der Waals surface area contributed by atoms with Gasteiger partial charge in [-0.05, 0) is 25.1 Å². The zero-order valence-electron chi connectivity index (χ0n) is 10.6. The highest BCUT2D eigenvalue weighted by atomic mass is 35.5. The van der Waals surface area contributed by atoms with Crippen LogP contribution in [0, 0.1) is 10.1 Å². The Morgan fingerprint density at radius 2 is 2.05 bits per heavy atom. The summed E-state index contributed by atoms with van der Waals surface area (Å²) in [6.07, 6.45) is 0.660. The fraction of sp³-hybridized carbons (Fsp3) is 0.455. The van der Waals surface area contributed by atoms with Gasteiger partial charge in [0, 0.05) is 30.7 Å². The van der Waals surface area contributed by atoms with Crippen molar-refractivity contribution in [2.45, 2.75) is 11.3 Å². The molecule has 7 nitrogen and oxygen atoms in total. The van der Waals surface area contributed by atoms with E-state index in [1.807, 2.05) is 0 Å². The first-order chi connectivity index (χ1) is 9.43. The number of halogens is 1. The van der Waals surface area contributed by atoms with Crippen molar-refractivity contribution in [3.05, 3.63) is 33.3 Å². The summed E-state index contributed by atoms with van der Waals surface area (Å²) in [5, 5.41) is 14.2. The average Bonchev–Trinajstić information content (AvgIpc) is 2.67. The topological polar surface area (TPSA) is 92.5 Å². The summed E-state index contributed by atoms with van der Waals surface area (Å²) in [5.74, 6) is 0. The fourth-order valence-corrected chi connectivity index (χ4v) is 3.94. The second-order valence-electron chi connectivity index (χ2n) is 4.38. The van der Waals surface area contributed by atoms with Gasteiger partial charge in [-0.15, -0.1) is 0 Å². The first-order valence-corrected chi connectivity index (χ1v) is 7.89. The monoisotopic (exact) mass is 319 g/mol. The van der Waals surface area contributed by atoms with E-state index < -0.39 is 20.6 Å². The van der Waals surface area contributed by atoms with E-state index in [-0.39, 0.29) is 16.5 Å². The first-order valence-electron chi connectivity index (χ1n) is 6.08. The molecule has 20 heavy (non-hydrogen) atoms. The molecule has 0 spiro atoms. The SMILES string of the molecule is O=[N+]([O-])c1ccc(Cl)cc1S(=O)(=O)N1CCCNCC1. The summed E-state index contributed by atoms with van der Waals surface area (Å²) in [6, 6.07) is 3.56. The van der Waals surface area contributed by atoms with E-state index in [1.165, 1.54) is 10.4 Å². The van der Waals surface area contributed by atoms with E-state index in [0.717, 1.165) is 18.7 Å². The molecule has 1 aromatic rings. The van der Waals surface area contributed by atoms with Crippen molar-refractivity contribution in [1.29, 1.82) is 0 Å². The number of hydrogen-bond acceptors (Lipinski definition) is 5. The van der Waals surface area contributed by atoms with E-state index >= 15 is 0 Å². The molecule has 1 aliphatic heterocycles. The number of benzene rings is 1. The molecule has 0 unspecified atom stereocenters. The zero-order valence-corrected chi connectivity index (χ0v) is 12.2. The maximum atomic E-state index is 12.6. The van der Waals surface area contributed by atoms with Gasteiger partial charge in [-0.25, -0.2) is 8.42 Å². The number of nitrogens with zero attached hydrogens (tertiary/aromatic N) is 2. The molecule has 1 saturated heterocycles. The number of nitrogens with one attached hydrogen (secondary N) is 1. The Kier molecular flexibility index (Phi) is 4.59. The van der Waals surface area contributed by atoms with Gasteiger partial charge in [-0.3, -0.25) is 10.1 Å². The Morgan fingerprint density at radius 3 is 2.75 bits per heavy atom. The highest BCUT2D eigenvalue weighted by molar-refractivity contribution is 7.89. The Balaban J connectivity index is 2.47. The third kappa shape index (κ3) is 3.09. The normalized spacial score (nSPS) is 17.6. The molecule has 1 fully saturated rings. The maximum absolute atomic E-state index is 12.6. The second-order valence-corrected chi connectivity index (χ2v) is 6.72. The molecule has 1 N–H and O–H groups in total. The van der Waals surface area contributed by atoms with Gasteiger partial charge < -0.3 is 5.32 Å². The summed E-state index contributed by atoms with van der Waals surface area (Å²) in [6.45, 7) is 1.86. The van der Waals surface area contributed by atoms with E-state index in [2.05, 4.69) is 5.32 Å². The molecule has 0 radical (unpaired) electrons. The highest BCUT2D eigenvalue weighted by Gasteiger charge is 2.32.